The van der Waals surface area contributed by atoms with Crippen molar-refractivity contribution in [3.63, 3.8) is 0 Å². The molecule has 2 N–H and O–H groups in total. The number of hydrogen-bond acceptors (Lipinski definition) is 6. The summed E-state index contributed by atoms with van der Waals surface area (Å²) in [4.78, 5) is 32.1. The molecule has 1 aromatic heterocycles. The van der Waals surface area contributed by atoms with Crippen molar-refractivity contribution in [3.8, 4) is 0 Å². The molecule has 0 spiro atoms. The van der Waals surface area contributed by atoms with Crippen molar-refractivity contribution in [2.75, 3.05) is 18.5 Å². The zero-order valence-corrected chi connectivity index (χ0v) is 18.3. The van der Waals surface area contributed by atoms with Crippen molar-refractivity contribution >= 4 is 28.5 Å². The number of nitrogens with zero attached hydrogens (tertiary/aromatic N) is 2. The van der Waals surface area contributed by atoms with E-state index in [0.717, 1.165) is 30.6 Å². The highest BCUT2D eigenvalue weighted by Crippen LogP contribution is 2.31. The van der Waals surface area contributed by atoms with Gasteiger partial charge in [0.25, 0.3) is 0 Å². The fourth-order valence-electron chi connectivity index (χ4n) is 4.45. The molecule has 0 aromatic carbocycles. The highest BCUT2D eigenvalue weighted by Gasteiger charge is 2.32. The van der Waals surface area contributed by atoms with Crippen LogP contribution < -0.4 is 10.6 Å². The SMILES string of the molecule is CCOC(=O)CNCc1cnc(NC(=O)N(C2CCCCC2)C2CCCCC2)s1. The largest absolute Gasteiger partial charge is 0.465 e. The Bertz CT molecular complexity index is 636. The Balaban J connectivity index is 1.56. The maximum atomic E-state index is 13.2. The van der Waals surface area contributed by atoms with Crippen LogP contribution >= 0.6 is 11.3 Å². The minimum Gasteiger partial charge on any atom is -0.465 e. The Kier molecular flexibility index (Phi) is 8.73. The summed E-state index contributed by atoms with van der Waals surface area (Å²) in [6.07, 6.45) is 13.7. The average molecular weight is 423 g/mol. The molecule has 2 saturated carbocycles. The molecule has 1 aromatic rings. The summed E-state index contributed by atoms with van der Waals surface area (Å²) in [6, 6.07) is 0.722. The monoisotopic (exact) mass is 422 g/mol. The molecular formula is C21H34N4O3S. The third kappa shape index (κ3) is 6.67. The quantitative estimate of drug-likeness (QED) is 0.611. The number of aromatic nitrogens is 1. The van der Waals surface area contributed by atoms with Gasteiger partial charge in [-0.25, -0.2) is 9.78 Å². The van der Waals surface area contributed by atoms with Gasteiger partial charge in [0, 0.05) is 29.7 Å². The van der Waals surface area contributed by atoms with E-state index in [1.165, 1.54) is 49.9 Å². The van der Waals surface area contributed by atoms with Gasteiger partial charge in [0.15, 0.2) is 5.13 Å². The van der Waals surface area contributed by atoms with Crippen LogP contribution in [0.3, 0.4) is 0 Å². The maximum absolute atomic E-state index is 13.2. The van der Waals surface area contributed by atoms with Gasteiger partial charge in [0.1, 0.15) is 0 Å². The molecule has 2 amide bonds. The van der Waals surface area contributed by atoms with Gasteiger partial charge in [-0.2, -0.15) is 0 Å². The van der Waals surface area contributed by atoms with Gasteiger partial charge in [-0.3, -0.25) is 10.1 Å². The van der Waals surface area contributed by atoms with Gasteiger partial charge in [-0.15, -0.1) is 11.3 Å². The number of anilines is 1. The van der Waals surface area contributed by atoms with Gasteiger partial charge in [0.2, 0.25) is 0 Å². The van der Waals surface area contributed by atoms with Gasteiger partial charge in [-0.05, 0) is 32.6 Å². The Morgan fingerprint density at radius 1 is 1.10 bits per heavy atom. The molecule has 2 fully saturated rings. The molecule has 162 valence electrons. The molecule has 0 saturated heterocycles. The van der Waals surface area contributed by atoms with Crippen LogP contribution in [0.5, 0.6) is 0 Å². The maximum Gasteiger partial charge on any atom is 0.324 e. The number of carbonyl (C=O) groups excluding carboxylic acids is 2. The number of esters is 1. The lowest BCUT2D eigenvalue weighted by Crippen LogP contribution is -2.50. The Hall–Kier alpha value is -1.67. The summed E-state index contributed by atoms with van der Waals surface area (Å²) in [5.41, 5.74) is 0. The predicted octanol–water partition coefficient (Wildman–Crippen LogP) is 4.30. The molecule has 0 unspecified atom stereocenters. The first-order chi connectivity index (χ1) is 14.2. The van der Waals surface area contributed by atoms with Crippen LogP contribution in [0.1, 0.15) is 76.0 Å². The fraction of sp³-hybridized carbons (Fsp3) is 0.762. The van der Waals surface area contributed by atoms with Crippen LogP contribution in [0.15, 0.2) is 6.20 Å². The average Bonchev–Trinajstić information content (AvgIpc) is 3.17. The zero-order valence-electron chi connectivity index (χ0n) is 17.5. The second-order valence-electron chi connectivity index (χ2n) is 7.96. The third-order valence-electron chi connectivity index (χ3n) is 5.81. The molecule has 0 aliphatic heterocycles. The fourth-order valence-corrected chi connectivity index (χ4v) is 5.22. The summed E-state index contributed by atoms with van der Waals surface area (Å²) < 4.78 is 4.90. The van der Waals surface area contributed by atoms with Gasteiger partial charge >= 0.3 is 12.0 Å². The van der Waals surface area contributed by atoms with Crippen molar-refractivity contribution in [1.82, 2.24) is 15.2 Å². The van der Waals surface area contributed by atoms with Crippen molar-refractivity contribution in [3.05, 3.63) is 11.1 Å². The van der Waals surface area contributed by atoms with Crippen molar-refractivity contribution < 1.29 is 14.3 Å². The van der Waals surface area contributed by atoms with Gasteiger partial charge in [0.05, 0.1) is 13.2 Å². The topological polar surface area (TPSA) is 83.6 Å². The number of rotatable bonds is 8. The molecule has 2 aliphatic carbocycles. The van der Waals surface area contributed by atoms with Gasteiger partial charge < -0.3 is 15.0 Å². The van der Waals surface area contributed by atoms with Crippen LogP contribution in [-0.2, 0) is 16.1 Å². The van der Waals surface area contributed by atoms with E-state index in [1.54, 1.807) is 13.1 Å². The Morgan fingerprint density at radius 2 is 1.72 bits per heavy atom. The second kappa shape index (κ2) is 11.5. The van der Waals surface area contributed by atoms with Crippen LogP contribution in [0, 0.1) is 0 Å². The summed E-state index contributed by atoms with van der Waals surface area (Å²) in [5, 5.41) is 6.73. The molecule has 0 radical (unpaired) electrons. The number of ether oxygens (including phenoxy) is 1. The standard InChI is InChI=1S/C21H34N4O3S/c1-2-28-19(26)15-22-13-18-14-23-20(29-18)24-21(27)25(16-9-5-3-6-10-16)17-11-7-4-8-12-17/h14,16-17,22H,2-13,15H2,1H3,(H,23,24,27). The van der Waals surface area contributed by atoms with Gasteiger partial charge in [-0.1, -0.05) is 38.5 Å². The second-order valence-corrected chi connectivity index (χ2v) is 9.08. The molecule has 1 heterocycles. The van der Waals surface area contributed by atoms with Crippen molar-refractivity contribution in [2.24, 2.45) is 0 Å². The summed E-state index contributed by atoms with van der Waals surface area (Å²) in [6.45, 7) is 2.88. The highest BCUT2D eigenvalue weighted by atomic mass is 32.1. The predicted molar refractivity (Wildman–Crippen MR) is 115 cm³/mol. The molecule has 0 bridgehead atoms. The number of urea groups is 1. The van der Waals surface area contributed by atoms with E-state index < -0.39 is 0 Å². The molecule has 8 heteroatoms. The minimum absolute atomic E-state index is 0.00387. The van der Waals surface area contributed by atoms with Crippen LogP contribution in [0.25, 0.3) is 0 Å². The van der Waals surface area contributed by atoms with E-state index in [9.17, 15) is 9.59 Å². The lowest BCUT2D eigenvalue weighted by Gasteiger charge is -2.41. The Labute approximate surface area is 177 Å². The van der Waals surface area contributed by atoms with Crippen LogP contribution in [-0.4, -0.2) is 47.1 Å². The number of nitrogens with one attached hydrogen (secondary N) is 2. The number of hydrogen-bond donors (Lipinski definition) is 2. The lowest BCUT2D eigenvalue weighted by molar-refractivity contribution is -0.142. The van der Waals surface area contributed by atoms with Crippen molar-refractivity contribution in [2.45, 2.75) is 89.8 Å². The van der Waals surface area contributed by atoms with E-state index in [2.05, 4.69) is 20.5 Å². The summed E-state index contributed by atoms with van der Waals surface area (Å²) >= 11 is 1.45. The first kappa shape index (κ1) is 22.0. The van der Waals surface area contributed by atoms with E-state index >= 15 is 0 Å². The number of amides is 2. The molecule has 29 heavy (non-hydrogen) atoms. The van der Waals surface area contributed by atoms with E-state index in [4.69, 9.17) is 4.74 Å². The summed E-state index contributed by atoms with van der Waals surface area (Å²) in [7, 11) is 0. The van der Waals surface area contributed by atoms with Crippen LogP contribution in [0.4, 0.5) is 9.93 Å². The van der Waals surface area contributed by atoms with E-state index in [1.807, 2.05) is 0 Å². The molecule has 7 nitrogen and oxygen atoms in total. The first-order valence-corrected chi connectivity index (χ1v) is 11.9. The number of carbonyl (C=O) groups is 2. The molecular weight excluding hydrogens is 388 g/mol. The normalized spacial score (nSPS) is 18.4. The molecule has 2 aliphatic rings. The van der Waals surface area contributed by atoms with E-state index in [0.29, 0.717) is 30.4 Å². The molecule has 0 atom stereocenters. The lowest BCUT2D eigenvalue weighted by atomic mass is 9.89. The third-order valence-corrected chi connectivity index (χ3v) is 6.72. The zero-order chi connectivity index (χ0) is 20.5. The first-order valence-electron chi connectivity index (χ1n) is 11.1. The summed E-state index contributed by atoms with van der Waals surface area (Å²) in [5.74, 6) is -0.263. The van der Waals surface area contributed by atoms with Crippen molar-refractivity contribution in [1.29, 1.82) is 0 Å². The highest BCUT2D eigenvalue weighted by molar-refractivity contribution is 7.15. The molecule has 3 rings (SSSR count). The smallest absolute Gasteiger partial charge is 0.324 e. The minimum atomic E-state index is -0.263. The number of thiazole rings is 1. The van der Waals surface area contributed by atoms with Crippen LogP contribution in [0.2, 0.25) is 0 Å². The Morgan fingerprint density at radius 3 is 2.31 bits per heavy atom. The van der Waals surface area contributed by atoms with E-state index in [-0.39, 0.29) is 18.5 Å².